The second-order valence-electron chi connectivity index (χ2n) is 15.0. The number of ether oxygens (including phenoxy) is 2. The fourth-order valence-corrected chi connectivity index (χ4v) is 8.53. The molecule has 0 spiro atoms. The average Bonchev–Trinajstić information content (AvgIpc) is 3.52. The van der Waals surface area contributed by atoms with E-state index in [9.17, 15) is 24.3 Å². The van der Waals surface area contributed by atoms with Crippen LogP contribution < -0.4 is 25.2 Å². The highest BCUT2D eigenvalue weighted by molar-refractivity contribution is 6.05. The van der Waals surface area contributed by atoms with Crippen LogP contribution in [-0.2, 0) is 22.7 Å². The number of hydrogen-bond donors (Lipinski definition) is 3. The fourth-order valence-electron chi connectivity index (χ4n) is 8.53. The molecule has 2 aromatic carbocycles. The van der Waals surface area contributed by atoms with E-state index in [1.807, 2.05) is 12.1 Å². The minimum Gasteiger partial charge on any atom is -0.507 e. The first kappa shape index (κ1) is 32.9. The van der Waals surface area contributed by atoms with E-state index in [2.05, 4.69) is 36.1 Å². The molecule has 1 atom stereocenters. The number of aromatic hydroxyl groups is 1. The molecule has 3 fully saturated rings. The van der Waals surface area contributed by atoms with E-state index in [-0.39, 0.29) is 35.3 Å². The Morgan fingerprint density at radius 2 is 1.73 bits per heavy atom. The number of anilines is 1. The van der Waals surface area contributed by atoms with Gasteiger partial charge in [0.05, 0.1) is 23.6 Å². The van der Waals surface area contributed by atoms with Gasteiger partial charge >= 0.3 is 0 Å². The number of H-pyrrole nitrogens is 1. The van der Waals surface area contributed by atoms with Crippen LogP contribution in [0.5, 0.6) is 17.4 Å². The van der Waals surface area contributed by atoms with Crippen LogP contribution in [0, 0.1) is 5.92 Å². The van der Waals surface area contributed by atoms with E-state index in [4.69, 9.17) is 13.6 Å². The Kier molecular flexibility index (Phi) is 9.18. The van der Waals surface area contributed by atoms with Crippen molar-refractivity contribution in [1.82, 2.24) is 30.0 Å². The molecule has 0 radical (unpaired) electrons. The normalized spacial score (nSPS) is 20.9. The van der Waals surface area contributed by atoms with Gasteiger partial charge in [-0.3, -0.25) is 29.4 Å². The molecule has 2 aromatic heterocycles. The highest BCUT2D eigenvalue weighted by Crippen LogP contribution is 2.38. The molecule has 0 bridgehead atoms. The van der Waals surface area contributed by atoms with Crippen molar-refractivity contribution in [2.24, 2.45) is 5.92 Å². The predicted octanol–water partition coefficient (Wildman–Crippen LogP) is 3.50. The Morgan fingerprint density at radius 1 is 0.927 bits per heavy atom. The lowest BCUT2D eigenvalue weighted by Crippen LogP contribution is -2.52. The molecule has 4 aromatic rings. The summed E-state index contributed by atoms with van der Waals surface area (Å²) in [4.78, 5) is 65.4. The van der Waals surface area contributed by atoms with Gasteiger partial charge in [-0.1, -0.05) is 6.07 Å². The first-order chi connectivity index (χ1) is 27.8. The third kappa shape index (κ3) is 7.35. The molecular weight excluding hydrogens is 702 g/mol. The number of rotatable bonds is 10. The van der Waals surface area contributed by atoms with Crippen molar-refractivity contribution in [3.05, 3.63) is 75.8 Å². The molecule has 14 heteroatoms. The molecule has 3 N–H and O–H groups in total. The van der Waals surface area contributed by atoms with Crippen LogP contribution in [0.3, 0.4) is 0 Å². The quantitative estimate of drug-likeness (QED) is 0.204. The number of fused-ring (bicyclic) bond motifs is 2. The maximum Gasteiger partial charge on any atom is 0.257 e. The molecule has 288 valence electrons. The van der Waals surface area contributed by atoms with Crippen molar-refractivity contribution < 1.29 is 33.1 Å². The number of nitrogens with one attached hydrogen (secondary N) is 2. The topological polar surface area (TPSA) is 161 Å². The summed E-state index contributed by atoms with van der Waals surface area (Å²) in [7, 11) is -1.16. The second kappa shape index (κ2) is 15.3. The number of aromatic amines is 1. The lowest BCUT2D eigenvalue weighted by molar-refractivity contribution is -0.136. The molecule has 14 nitrogen and oxygen atoms in total. The van der Waals surface area contributed by atoms with Crippen LogP contribution in [-0.4, -0.2) is 113 Å². The summed E-state index contributed by atoms with van der Waals surface area (Å²) < 4.78 is 33.0. The molecule has 55 heavy (non-hydrogen) atoms. The Hall–Kier alpha value is -5.47. The number of piperidine rings is 2. The standard InChI is InChI=1S/C41H47N7O7/c1-54-36-18-27(31-21-43-39(51)32-22-42-38(55-2)20-30(31)32)17-35(49)33(36)24-46-15-13-45(14-16-46)10-7-25-8-11-47(12-9-25)28-4-3-26-23-48(41(53)29(26)19-28)34-5-6-37(50)44-40(34)52/h3-4,17-22,25,34,49H,5-16,23-24H2,1-2H3,(H,43,51)(H,44,50,52)/i2D3. The lowest BCUT2D eigenvalue weighted by atomic mass is 9.92. The first-order valence-corrected chi connectivity index (χ1v) is 18.9. The molecule has 0 aliphatic carbocycles. The number of phenolic OH excluding ortho intramolecular Hbond substituents is 1. The van der Waals surface area contributed by atoms with Crippen LogP contribution in [0.1, 0.15) is 57.7 Å². The Labute approximate surface area is 323 Å². The highest BCUT2D eigenvalue weighted by atomic mass is 16.5. The van der Waals surface area contributed by atoms with Gasteiger partial charge in [0.2, 0.25) is 17.7 Å². The fraction of sp³-hybridized carbons (Fsp3) is 0.439. The van der Waals surface area contributed by atoms with E-state index >= 15 is 0 Å². The van der Waals surface area contributed by atoms with Crippen LogP contribution in [0.2, 0.25) is 0 Å². The number of phenols is 1. The predicted molar refractivity (Wildman–Crippen MR) is 206 cm³/mol. The third-order valence-electron chi connectivity index (χ3n) is 11.8. The lowest BCUT2D eigenvalue weighted by Gasteiger charge is -2.37. The van der Waals surface area contributed by atoms with Gasteiger partial charge in [0, 0.05) is 105 Å². The van der Waals surface area contributed by atoms with Crippen molar-refractivity contribution in [2.45, 2.75) is 51.2 Å². The molecule has 0 saturated carbocycles. The molecule has 3 amide bonds. The van der Waals surface area contributed by atoms with E-state index < -0.39 is 24.5 Å². The van der Waals surface area contributed by atoms with Gasteiger partial charge in [0.15, 0.2) is 0 Å². The Morgan fingerprint density at radius 3 is 2.49 bits per heavy atom. The number of methoxy groups -OCH3 is 2. The third-order valence-corrected chi connectivity index (χ3v) is 11.8. The number of nitrogens with zero attached hydrogens (tertiary/aromatic N) is 5. The van der Waals surface area contributed by atoms with Crippen molar-refractivity contribution in [2.75, 3.05) is 64.9 Å². The zero-order valence-electron chi connectivity index (χ0n) is 33.8. The molecule has 1 unspecified atom stereocenters. The number of imide groups is 1. The molecule has 4 aliphatic heterocycles. The number of carbonyl (C=O) groups is 3. The van der Waals surface area contributed by atoms with Crippen LogP contribution in [0.25, 0.3) is 21.9 Å². The molecule has 3 saturated heterocycles. The second-order valence-corrected chi connectivity index (χ2v) is 15.0. The molecule has 8 rings (SSSR count). The number of pyridine rings is 2. The number of hydrogen-bond acceptors (Lipinski definition) is 11. The van der Waals surface area contributed by atoms with Crippen molar-refractivity contribution in [3.63, 3.8) is 0 Å². The largest absolute Gasteiger partial charge is 0.507 e. The zero-order valence-corrected chi connectivity index (χ0v) is 30.8. The van der Waals surface area contributed by atoms with E-state index in [0.717, 1.165) is 76.3 Å². The smallest absolute Gasteiger partial charge is 0.257 e. The molecule has 6 heterocycles. The van der Waals surface area contributed by atoms with Crippen LogP contribution in [0.15, 0.2) is 53.6 Å². The highest BCUT2D eigenvalue weighted by Gasteiger charge is 2.39. The Bertz CT molecular complexity index is 2300. The minimum atomic E-state index is -2.71. The number of piperazine rings is 1. The summed E-state index contributed by atoms with van der Waals surface area (Å²) in [5.74, 6) is 0.185. The number of carbonyl (C=O) groups excluding carboxylic acids is 3. The minimum absolute atomic E-state index is 0.0520. The van der Waals surface area contributed by atoms with Crippen molar-refractivity contribution in [3.8, 4) is 28.5 Å². The Balaban J connectivity index is 0.827. The van der Waals surface area contributed by atoms with E-state index in [1.165, 1.54) is 18.5 Å². The summed E-state index contributed by atoms with van der Waals surface area (Å²) >= 11 is 0. The SMILES string of the molecule is [2H]C([2H])([2H])Oc1cc2c(-c3cc(O)c(CN4CCN(CCC5CCN(c6ccc7c(c6)C(=O)N(C6CCC(=O)NC6=O)C7)CC5)CC4)c(OC)c3)c[nH]c(=O)c2cn1. The monoisotopic (exact) mass is 752 g/mol. The van der Waals surface area contributed by atoms with Gasteiger partial charge in [0.1, 0.15) is 17.5 Å². The summed E-state index contributed by atoms with van der Waals surface area (Å²) in [5, 5.41) is 14.3. The number of aromatic nitrogens is 2. The van der Waals surface area contributed by atoms with Gasteiger partial charge in [-0.15, -0.1) is 0 Å². The summed E-state index contributed by atoms with van der Waals surface area (Å²) in [5.41, 5.74) is 3.98. The zero-order chi connectivity index (χ0) is 40.7. The van der Waals surface area contributed by atoms with Crippen molar-refractivity contribution in [1.29, 1.82) is 0 Å². The molecule has 4 aliphatic rings. The maximum absolute atomic E-state index is 13.3. The summed E-state index contributed by atoms with van der Waals surface area (Å²) in [6.45, 7) is 7.24. The average molecular weight is 753 g/mol. The van der Waals surface area contributed by atoms with Gasteiger partial charge in [-0.25, -0.2) is 4.98 Å². The van der Waals surface area contributed by atoms with Gasteiger partial charge < -0.3 is 34.3 Å². The number of benzene rings is 2. The maximum atomic E-state index is 13.3. The van der Waals surface area contributed by atoms with Crippen LogP contribution >= 0.6 is 0 Å². The first-order valence-electron chi connectivity index (χ1n) is 20.4. The van der Waals surface area contributed by atoms with Crippen molar-refractivity contribution >= 4 is 34.2 Å². The number of amides is 3. The van der Waals surface area contributed by atoms with E-state index in [1.54, 1.807) is 24.1 Å². The summed E-state index contributed by atoms with van der Waals surface area (Å²) in [6.07, 6.45) is 6.65. The van der Waals surface area contributed by atoms with Gasteiger partial charge in [-0.2, -0.15) is 0 Å². The van der Waals surface area contributed by atoms with Gasteiger partial charge in [-0.05, 0) is 73.5 Å². The summed E-state index contributed by atoms with van der Waals surface area (Å²) in [6, 6.07) is 10.3. The van der Waals surface area contributed by atoms with Gasteiger partial charge in [0.25, 0.3) is 11.5 Å². The van der Waals surface area contributed by atoms with E-state index in [0.29, 0.717) is 58.8 Å². The van der Waals surface area contributed by atoms with Crippen LogP contribution in [0.4, 0.5) is 5.69 Å². The molecular formula is C41H47N7O7.